The molecule has 0 aliphatic carbocycles. The average molecular weight is 231 g/mol. The van der Waals surface area contributed by atoms with Crippen LogP contribution in [-0.4, -0.2) is 31.7 Å². The van der Waals surface area contributed by atoms with Crippen LogP contribution in [0.25, 0.3) is 0 Å². The number of carbonyl (C=O) groups is 1. The van der Waals surface area contributed by atoms with Gasteiger partial charge in [0.1, 0.15) is 6.61 Å². The highest BCUT2D eigenvalue weighted by atomic mass is 16.5. The molecule has 1 aromatic rings. The molecule has 0 radical (unpaired) electrons. The van der Waals surface area contributed by atoms with E-state index >= 15 is 0 Å². The molecule has 1 heterocycles. The lowest BCUT2D eigenvalue weighted by Crippen LogP contribution is -2.53. The first kappa shape index (κ1) is 11.6. The molecule has 88 valence electrons. The first-order chi connectivity index (χ1) is 8.26. The van der Waals surface area contributed by atoms with E-state index in [4.69, 9.17) is 15.7 Å². The lowest BCUT2D eigenvalue weighted by molar-refractivity contribution is -0.127. The second-order valence-corrected chi connectivity index (χ2v) is 3.83. The van der Waals surface area contributed by atoms with Gasteiger partial charge in [-0.2, -0.15) is 5.26 Å². The number of morpholine rings is 1. The zero-order chi connectivity index (χ0) is 12.3. The third-order valence-corrected chi connectivity index (χ3v) is 2.72. The molecule has 1 aliphatic rings. The molecule has 1 unspecified atom stereocenters. The summed E-state index contributed by atoms with van der Waals surface area (Å²) in [5.41, 5.74) is 6.95. The van der Waals surface area contributed by atoms with Crippen LogP contribution in [0.5, 0.6) is 0 Å². The van der Waals surface area contributed by atoms with Crippen LogP contribution in [0, 0.1) is 11.3 Å². The highest BCUT2D eigenvalue weighted by Gasteiger charge is 2.28. The van der Waals surface area contributed by atoms with Gasteiger partial charge in [-0.15, -0.1) is 0 Å². The van der Waals surface area contributed by atoms with Gasteiger partial charge in [0.15, 0.2) is 0 Å². The molecule has 0 saturated carbocycles. The van der Waals surface area contributed by atoms with Crippen molar-refractivity contribution < 1.29 is 9.53 Å². The minimum atomic E-state index is -0.135. The monoisotopic (exact) mass is 231 g/mol. The maximum atomic E-state index is 11.8. The van der Waals surface area contributed by atoms with Crippen molar-refractivity contribution >= 4 is 11.6 Å². The number of hydrogen-bond donors (Lipinski definition) is 1. The molecule has 2 N–H and O–H groups in total. The molecule has 1 aromatic carbocycles. The van der Waals surface area contributed by atoms with Crippen LogP contribution < -0.4 is 10.6 Å². The van der Waals surface area contributed by atoms with Crippen LogP contribution in [0.3, 0.4) is 0 Å². The van der Waals surface area contributed by atoms with E-state index in [1.165, 1.54) is 0 Å². The highest BCUT2D eigenvalue weighted by molar-refractivity contribution is 5.95. The number of hydrogen-bond acceptors (Lipinski definition) is 4. The van der Waals surface area contributed by atoms with Crippen LogP contribution >= 0.6 is 0 Å². The number of anilines is 1. The van der Waals surface area contributed by atoms with E-state index in [9.17, 15) is 4.79 Å². The molecule has 1 atom stereocenters. The van der Waals surface area contributed by atoms with Gasteiger partial charge in [-0.3, -0.25) is 4.79 Å². The Morgan fingerprint density at radius 1 is 1.47 bits per heavy atom. The summed E-state index contributed by atoms with van der Waals surface area (Å²) in [5.74, 6) is -0.101. The third-order valence-electron chi connectivity index (χ3n) is 2.72. The van der Waals surface area contributed by atoms with Crippen molar-refractivity contribution in [1.82, 2.24) is 0 Å². The predicted molar refractivity (Wildman–Crippen MR) is 62.3 cm³/mol. The lowest BCUT2D eigenvalue weighted by atomic mass is 10.1. The Bertz CT molecular complexity index is 450. The van der Waals surface area contributed by atoms with Crippen molar-refractivity contribution in [3.05, 3.63) is 29.8 Å². The molecule has 1 saturated heterocycles. The topological polar surface area (TPSA) is 79.3 Å². The average Bonchev–Trinajstić information content (AvgIpc) is 2.38. The number of nitriles is 1. The minimum absolute atomic E-state index is 0.0799. The van der Waals surface area contributed by atoms with E-state index in [1.54, 1.807) is 29.2 Å². The number of ether oxygens (including phenoxy) is 1. The third kappa shape index (κ3) is 2.28. The molecule has 0 bridgehead atoms. The Labute approximate surface area is 99.4 Å². The number of carbonyl (C=O) groups excluding carboxylic acids is 1. The number of benzene rings is 1. The normalized spacial score (nSPS) is 20.1. The van der Waals surface area contributed by atoms with Gasteiger partial charge in [0, 0.05) is 12.2 Å². The van der Waals surface area contributed by atoms with Crippen molar-refractivity contribution in [2.45, 2.75) is 6.04 Å². The fourth-order valence-corrected chi connectivity index (χ4v) is 1.85. The number of rotatable bonds is 2. The first-order valence-electron chi connectivity index (χ1n) is 5.36. The first-order valence-corrected chi connectivity index (χ1v) is 5.36. The molecule has 5 heteroatoms. The van der Waals surface area contributed by atoms with Gasteiger partial charge >= 0.3 is 0 Å². The summed E-state index contributed by atoms with van der Waals surface area (Å²) in [7, 11) is 0. The van der Waals surface area contributed by atoms with Gasteiger partial charge in [-0.25, -0.2) is 0 Å². The van der Waals surface area contributed by atoms with E-state index in [2.05, 4.69) is 0 Å². The van der Waals surface area contributed by atoms with E-state index in [1.807, 2.05) is 6.07 Å². The van der Waals surface area contributed by atoms with E-state index in [0.29, 0.717) is 18.7 Å². The lowest BCUT2D eigenvalue weighted by Gasteiger charge is -2.34. The molecule has 1 amide bonds. The summed E-state index contributed by atoms with van der Waals surface area (Å²) in [6.45, 7) is 0.879. The zero-order valence-electron chi connectivity index (χ0n) is 9.30. The molecular weight excluding hydrogens is 218 g/mol. The Morgan fingerprint density at radius 3 is 2.76 bits per heavy atom. The predicted octanol–water partition coefficient (Wildman–Crippen LogP) is 0.249. The summed E-state index contributed by atoms with van der Waals surface area (Å²) in [6.07, 6.45) is 0. The second-order valence-electron chi connectivity index (χ2n) is 3.83. The van der Waals surface area contributed by atoms with Gasteiger partial charge in [-0.05, 0) is 24.3 Å². The Kier molecular flexibility index (Phi) is 3.38. The second kappa shape index (κ2) is 4.95. The van der Waals surface area contributed by atoms with Crippen molar-refractivity contribution in [2.24, 2.45) is 5.73 Å². The van der Waals surface area contributed by atoms with Crippen molar-refractivity contribution in [3.8, 4) is 6.07 Å². The summed E-state index contributed by atoms with van der Waals surface area (Å²) in [6, 6.07) is 8.79. The number of nitrogens with zero attached hydrogens (tertiary/aromatic N) is 2. The minimum Gasteiger partial charge on any atom is -0.369 e. The van der Waals surface area contributed by atoms with Gasteiger partial charge in [-0.1, -0.05) is 0 Å². The standard InChI is InChI=1S/C12H13N3O2/c13-5-9-1-3-10(4-2-9)15-11(6-14)7-17-8-12(15)16/h1-4,11H,6-8,14H2. The zero-order valence-corrected chi connectivity index (χ0v) is 9.30. The summed E-state index contributed by atoms with van der Waals surface area (Å²) in [4.78, 5) is 13.4. The molecule has 5 nitrogen and oxygen atoms in total. The van der Waals surface area contributed by atoms with Crippen LogP contribution in [0.1, 0.15) is 5.56 Å². The van der Waals surface area contributed by atoms with Crippen LogP contribution in [-0.2, 0) is 9.53 Å². The Morgan fingerprint density at radius 2 is 2.18 bits per heavy atom. The largest absolute Gasteiger partial charge is 0.369 e. The van der Waals surface area contributed by atoms with Crippen molar-refractivity contribution in [1.29, 1.82) is 5.26 Å². The Balaban J connectivity index is 2.28. The van der Waals surface area contributed by atoms with Crippen LogP contribution in [0.15, 0.2) is 24.3 Å². The number of nitrogens with two attached hydrogens (primary N) is 1. The smallest absolute Gasteiger partial charge is 0.253 e. The maximum Gasteiger partial charge on any atom is 0.253 e. The fraction of sp³-hybridized carbons (Fsp3) is 0.333. The maximum absolute atomic E-state index is 11.8. The van der Waals surface area contributed by atoms with Crippen LogP contribution in [0.4, 0.5) is 5.69 Å². The Hall–Kier alpha value is -1.90. The molecule has 0 spiro atoms. The van der Waals surface area contributed by atoms with E-state index in [-0.39, 0.29) is 18.6 Å². The van der Waals surface area contributed by atoms with Gasteiger partial charge < -0.3 is 15.4 Å². The van der Waals surface area contributed by atoms with Gasteiger partial charge in [0.25, 0.3) is 5.91 Å². The SMILES string of the molecule is N#Cc1ccc(N2C(=O)COCC2CN)cc1. The molecule has 0 aromatic heterocycles. The summed E-state index contributed by atoms with van der Waals surface area (Å²) in [5, 5.41) is 8.72. The molecular formula is C12H13N3O2. The highest BCUT2D eigenvalue weighted by Crippen LogP contribution is 2.20. The van der Waals surface area contributed by atoms with Crippen LogP contribution in [0.2, 0.25) is 0 Å². The summed E-state index contributed by atoms with van der Waals surface area (Å²) >= 11 is 0. The number of amides is 1. The molecule has 17 heavy (non-hydrogen) atoms. The quantitative estimate of drug-likeness (QED) is 0.791. The molecule has 1 fully saturated rings. The van der Waals surface area contributed by atoms with Gasteiger partial charge in [0.2, 0.25) is 0 Å². The van der Waals surface area contributed by atoms with Crippen molar-refractivity contribution in [2.75, 3.05) is 24.7 Å². The van der Waals surface area contributed by atoms with Crippen molar-refractivity contribution in [3.63, 3.8) is 0 Å². The summed E-state index contributed by atoms with van der Waals surface area (Å²) < 4.78 is 5.16. The fourth-order valence-electron chi connectivity index (χ4n) is 1.85. The van der Waals surface area contributed by atoms with E-state index in [0.717, 1.165) is 5.69 Å². The van der Waals surface area contributed by atoms with Gasteiger partial charge in [0.05, 0.1) is 24.3 Å². The van der Waals surface area contributed by atoms with E-state index < -0.39 is 0 Å². The molecule has 2 rings (SSSR count). The molecule has 1 aliphatic heterocycles.